The van der Waals surface area contributed by atoms with Crippen molar-refractivity contribution in [2.24, 2.45) is 0 Å². The zero-order valence-corrected chi connectivity index (χ0v) is 10.1. The fourth-order valence-electron chi connectivity index (χ4n) is 1.58. The minimum absolute atomic E-state index is 0.0521. The third-order valence-corrected chi connectivity index (χ3v) is 2.53. The zero-order chi connectivity index (χ0) is 10.8. The van der Waals surface area contributed by atoms with Gasteiger partial charge in [-0.1, -0.05) is 26.2 Å². The third-order valence-electron chi connectivity index (χ3n) is 2.53. The molecule has 0 saturated heterocycles. The lowest BCUT2D eigenvalue weighted by atomic mass is 10.1. The SMILES string of the molecule is CCCCC[C@H](O)CCCCN(C)C. The molecule has 0 aromatic rings. The lowest BCUT2D eigenvalue weighted by Gasteiger charge is -2.12. The van der Waals surface area contributed by atoms with Gasteiger partial charge in [0.2, 0.25) is 0 Å². The first kappa shape index (κ1) is 13.9. The van der Waals surface area contributed by atoms with Crippen molar-refractivity contribution in [1.82, 2.24) is 4.90 Å². The van der Waals surface area contributed by atoms with Crippen molar-refractivity contribution in [3.8, 4) is 0 Å². The highest BCUT2D eigenvalue weighted by molar-refractivity contribution is 4.57. The molecule has 2 heteroatoms. The smallest absolute Gasteiger partial charge is 0.0540 e. The average molecular weight is 201 g/mol. The van der Waals surface area contributed by atoms with Gasteiger partial charge in [-0.2, -0.15) is 0 Å². The van der Waals surface area contributed by atoms with Crippen molar-refractivity contribution < 1.29 is 5.11 Å². The number of unbranched alkanes of at least 4 members (excludes halogenated alkanes) is 3. The maximum Gasteiger partial charge on any atom is 0.0540 e. The van der Waals surface area contributed by atoms with Crippen LogP contribution in [0.25, 0.3) is 0 Å². The highest BCUT2D eigenvalue weighted by Crippen LogP contribution is 2.09. The third kappa shape index (κ3) is 10.0. The largest absolute Gasteiger partial charge is 0.393 e. The Hall–Kier alpha value is -0.0800. The second-order valence-electron chi connectivity index (χ2n) is 4.45. The molecule has 0 aliphatic rings. The Bertz CT molecular complexity index is 115. The molecule has 0 aromatic carbocycles. The van der Waals surface area contributed by atoms with E-state index in [4.69, 9.17) is 0 Å². The maximum atomic E-state index is 9.63. The molecule has 0 aliphatic heterocycles. The van der Waals surface area contributed by atoms with Crippen molar-refractivity contribution in [3.63, 3.8) is 0 Å². The molecule has 0 radical (unpaired) electrons. The Labute approximate surface area is 89.3 Å². The Morgan fingerprint density at radius 3 is 2.07 bits per heavy atom. The Kier molecular flexibility index (Phi) is 9.42. The minimum Gasteiger partial charge on any atom is -0.393 e. The van der Waals surface area contributed by atoms with Gasteiger partial charge in [-0.3, -0.25) is 0 Å². The summed E-state index contributed by atoms with van der Waals surface area (Å²) in [4.78, 5) is 2.20. The molecule has 1 N–H and O–H groups in total. The zero-order valence-electron chi connectivity index (χ0n) is 10.1. The molecule has 0 heterocycles. The van der Waals surface area contributed by atoms with E-state index in [9.17, 15) is 5.11 Å². The number of aliphatic hydroxyl groups is 1. The molecule has 86 valence electrons. The summed E-state index contributed by atoms with van der Waals surface area (Å²) in [7, 11) is 4.19. The van der Waals surface area contributed by atoms with Gasteiger partial charge in [-0.15, -0.1) is 0 Å². The number of hydrogen-bond donors (Lipinski definition) is 1. The molecule has 1 atom stereocenters. The fourth-order valence-corrected chi connectivity index (χ4v) is 1.58. The van der Waals surface area contributed by atoms with E-state index >= 15 is 0 Å². The Morgan fingerprint density at radius 2 is 1.57 bits per heavy atom. The van der Waals surface area contributed by atoms with Gasteiger partial charge < -0.3 is 10.0 Å². The van der Waals surface area contributed by atoms with Crippen LogP contribution in [-0.2, 0) is 0 Å². The molecule has 0 fully saturated rings. The molecule has 0 saturated carbocycles. The van der Waals surface area contributed by atoms with Gasteiger partial charge >= 0.3 is 0 Å². The Balaban J connectivity index is 3.14. The predicted octanol–water partition coefficient (Wildman–Crippen LogP) is 2.66. The van der Waals surface area contributed by atoms with E-state index in [0.29, 0.717) is 0 Å². The summed E-state index contributed by atoms with van der Waals surface area (Å²) in [5, 5.41) is 9.63. The minimum atomic E-state index is -0.0521. The van der Waals surface area contributed by atoms with Gasteiger partial charge in [0.25, 0.3) is 0 Å². The van der Waals surface area contributed by atoms with Gasteiger partial charge in [0, 0.05) is 0 Å². The Morgan fingerprint density at radius 1 is 1.00 bits per heavy atom. The summed E-state index contributed by atoms with van der Waals surface area (Å²) >= 11 is 0. The molecule has 0 rings (SSSR count). The maximum absolute atomic E-state index is 9.63. The number of nitrogens with zero attached hydrogens (tertiary/aromatic N) is 1. The highest BCUT2D eigenvalue weighted by atomic mass is 16.3. The van der Waals surface area contributed by atoms with E-state index in [0.717, 1.165) is 25.8 Å². The van der Waals surface area contributed by atoms with Crippen molar-refractivity contribution >= 4 is 0 Å². The monoisotopic (exact) mass is 201 g/mol. The van der Waals surface area contributed by atoms with Crippen LogP contribution in [0, 0.1) is 0 Å². The quantitative estimate of drug-likeness (QED) is 0.580. The van der Waals surface area contributed by atoms with Crippen molar-refractivity contribution in [2.75, 3.05) is 20.6 Å². The summed E-state index contributed by atoms with van der Waals surface area (Å²) in [5.41, 5.74) is 0. The van der Waals surface area contributed by atoms with Crippen LogP contribution in [0.2, 0.25) is 0 Å². The molecule has 0 bridgehead atoms. The molecule has 0 unspecified atom stereocenters. The van der Waals surface area contributed by atoms with Gasteiger partial charge in [0.15, 0.2) is 0 Å². The van der Waals surface area contributed by atoms with Gasteiger partial charge in [0.1, 0.15) is 0 Å². The van der Waals surface area contributed by atoms with Crippen LogP contribution in [0.3, 0.4) is 0 Å². The summed E-state index contributed by atoms with van der Waals surface area (Å²) < 4.78 is 0. The second kappa shape index (κ2) is 9.47. The van der Waals surface area contributed by atoms with Gasteiger partial charge in [-0.05, 0) is 46.3 Å². The summed E-state index contributed by atoms with van der Waals surface area (Å²) in [6.45, 7) is 3.34. The molecular formula is C12H27NO. The molecule has 2 nitrogen and oxygen atoms in total. The average Bonchev–Trinajstić information content (AvgIpc) is 2.13. The summed E-state index contributed by atoms with van der Waals surface area (Å²) in [6.07, 6.45) is 7.98. The van der Waals surface area contributed by atoms with Crippen LogP contribution in [0.5, 0.6) is 0 Å². The van der Waals surface area contributed by atoms with Crippen LogP contribution in [0.15, 0.2) is 0 Å². The van der Waals surface area contributed by atoms with E-state index in [2.05, 4.69) is 25.9 Å². The van der Waals surface area contributed by atoms with Crippen LogP contribution in [0.1, 0.15) is 51.9 Å². The van der Waals surface area contributed by atoms with E-state index in [1.54, 1.807) is 0 Å². The first-order valence-corrected chi connectivity index (χ1v) is 5.99. The van der Waals surface area contributed by atoms with E-state index in [-0.39, 0.29) is 6.10 Å². The van der Waals surface area contributed by atoms with E-state index < -0.39 is 0 Å². The van der Waals surface area contributed by atoms with E-state index in [1.807, 2.05) is 0 Å². The summed E-state index contributed by atoms with van der Waals surface area (Å²) in [6, 6.07) is 0. The van der Waals surface area contributed by atoms with Crippen molar-refractivity contribution in [1.29, 1.82) is 0 Å². The lowest BCUT2D eigenvalue weighted by Crippen LogP contribution is -2.14. The highest BCUT2D eigenvalue weighted by Gasteiger charge is 2.03. The van der Waals surface area contributed by atoms with Crippen molar-refractivity contribution in [3.05, 3.63) is 0 Å². The normalized spacial score (nSPS) is 13.5. The van der Waals surface area contributed by atoms with Crippen molar-refractivity contribution in [2.45, 2.75) is 58.0 Å². The molecular weight excluding hydrogens is 174 g/mol. The topological polar surface area (TPSA) is 23.5 Å². The fraction of sp³-hybridized carbons (Fsp3) is 1.00. The van der Waals surface area contributed by atoms with Crippen LogP contribution in [0.4, 0.5) is 0 Å². The second-order valence-corrected chi connectivity index (χ2v) is 4.45. The number of aliphatic hydroxyl groups excluding tert-OH is 1. The predicted molar refractivity (Wildman–Crippen MR) is 62.6 cm³/mol. The summed E-state index contributed by atoms with van der Waals surface area (Å²) in [5.74, 6) is 0. The van der Waals surface area contributed by atoms with Crippen LogP contribution < -0.4 is 0 Å². The van der Waals surface area contributed by atoms with Crippen LogP contribution >= 0.6 is 0 Å². The molecule has 0 spiro atoms. The molecule has 14 heavy (non-hydrogen) atoms. The lowest BCUT2D eigenvalue weighted by molar-refractivity contribution is 0.146. The van der Waals surface area contributed by atoms with Gasteiger partial charge in [0.05, 0.1) is 6.10 Å². The van der Waals surface area contributed by atoms with Crippen LogP contribution in [-0.4, -0.2) is 36.8 Å². The molecule has 0 aliphatic carbocycles. The molecule has 0 aromatic heterocycles. The standard InChI is InChI=1S/C12H27NO/c1-4-5-6-9-12(14)10-7-8-11-13(2)3/h12,14H,4-11H2,1-3H3/t12-/m0/s1. The number of rotatable bonds is 9. The number of hydrogen-bond acceptors (Lipinski definition) is 2. The van der Waals surface area contributed by atoms with E-state index in [1.165, 1.54) is 25.7 Å². The van der Waals surface area contributed by atoms with Gasteiger partial charge in [-0.25, -0.2) is 0 Å². The molecule has 0 amide bonds. The first-order chi connectivity index (χ1) is 6.66. The first-order valence-electron chi connectivity index (χ1n) is 5.99.